The molecule has 0 heterocycles. The second-order valence-electron chi connectivity index (χ2n) is 5.01. The van der Waals surface area contributed by atoms with Crippen LogP contribution in [0.4, 0.5) is 4.79 Å². The molecule has 1 spiro atoms. The van der Waals surface area contributed by atoms with Crippen LogP contribution >= 0.6 is 7.60 Å². The summed E-state index contributed by atoms with van der Waals surface area (Å²) >= 11 is 0. The van der Waals surface area contributed by atoms with E-state index < -0.39 is 13.7 Å². The average Bonchev–Trinajstić information content (AvgIpc) is 2.93. The Hall–Kier alpha value is -0.580. The molecule has 2 saturated carbocycles. The van der Waals surface area contributed by atoms with E-state index in [2.05, 4.69) is 5.32 Å². The molecule has 2 rings (SSSR count). The Morgan fingerprint density at radius 1 is 1.33 bits per heavy atom. The van der Waals surface area contributed by atoms with Gasteiger partial charge in [-0.2, -0.15) is 0 Å². The van der Waals surface area contributed by atoms with Gasteiger partial charge in [-0.25, -0.2) is 4.79 Å². The summed E-state index contributed by atoms with van der Waals surface area (Å²) in [5.41, 5.74) is -0.0516. The Balaban J connectivity index is 1.90. The fourth-order valence-electron chi connectivity index (χ4n) is 2.99. The van der Waals surface area contributed by atoms with Gasteiger partial charge in [0.05, 0.1) is 18.9 Å². The van der Waals surface area contributed by atoms with Crippen LogP contribution in [-0.2, 0) is 13.6 Å². The van der Waals surface area contributed by atoms with Gasteiger partial charge in [0.2, 0.25) is 0 Å². The predicted octanol–water partition coefficient (Wildman–Crippen LogP) is 2.44. The van der Waals surface area contributed by atoms with Gasteiger partial charge in [-0.05, 0) is 38.5 Å². The molecular formula is C11H20NO5P. The molecule has 0 aromatic heterocycles. The first-order chi connectivity index (χ1) is 8.46. The lowest BCUT2D eigenvalue weighted by Gasteiger charge is -2.37. The van der Waals surface area contributed by atoms with Gasteiger partial charge in [-0.1, -0.05) is 0 Å². The summed E-state index contributed by atoms with van der Waals surface area (Å²) in [5, 5.41) is 11.1. The summed E-state index contributed by atoms with van der Waals surface area (Å²) in [5.74, 6) is 0. The lowest BCUT2D eigenvalue weighted by molar-refractivity contribution is 0.154. The molecule has 1 atom stereocenters. The molecule has 2 aliphatic carbocycles. The Morgan fingerprint density at radius 3 is 2.33 bits per heavy atom. The van der Waals surface area contributed by atoms with Crippen molar-refractivity contribution in [3.05, 3.63) is 0 Å². The third-order valence-corrected chi connectivity index (χ3v) is 6.51. The van der Waals surface area contributed by atoms with Gasteiger partial charge in [0, 0.05) is 6.04 Å². The van der Waals surface area contributed by atoms with E-state index in [9.17, 15) is 9.36 Å². The topological polar surface area (TPSA) is 84.9 Å². The van der Waals surface area contributed by atoms with Crippen molar-refractivity contribution in [1.29, 1.82) is 0 Å². The highest BCUT2D eigenvalue weighted by atomic mass is 31.2. The van der Waals surface area contributed by atoms with Gasteiger partial charge in [0.15, 0.2) is 0 Å². The summed E-state index contributed by atoms with van der Waals surface area (Å²) in [6.45, 7) is 4.36. The van der Waals surface area contributed by atoms with Gasteiger partial charge in [0.1, 0.15) is 0 Å². The van der Waals surface area contributed by atoms with Gasteiger partial charge >= 0.3 is 13.7 Å². The lowest BCUT2D eigenvalue weighted by atomic mass is 9.77. The molecule has 7 heteroatoms. The van der Waals surface area contributed by atoms with Gasteiger partial charge in [-0.3, -0.25) is 4.57 Å². The predicted molar refractivity (Wildman–Crippen MR) is 65.9 cm³/mol. The average molecular weight is 277 g/mol. The summed E-state index contributed by atoms with van der Waals surface area (Å²) in [7, 11) is -3.00. The zero-order valence-corrected chi connectivity index (χ0v) is 11.6. The molecule has 0 aliphatic heterocycles. The van der Waals surface area contributed by atoms with Crippen molar-refractivity contribution in [3.8, 4) is 0 Å². The summed E-state index contributed by atoms with van der Waals surface area (Å²) in [4.78, 5) is 10.5. The molecule has 0 bridgehead atoms. The fourth-order valence-corrected chi connectivity index (χ4v) is 5.61. The van der Waals surface area contributed by atoms with Crippen molar-refractivity contribution in [2.45, 2.75) is 44.8 Å². The Morgan fingerprint density at radius 2 is 1.89 bits per heavy atom. The first kappa shape index (κ1) is 13.8. The van der Waals surface area contributed by atoms with Crippen molar-refractivity contribution in [2.24, 2.45) is 5.41 Å². The number of hydrogen-bond acceptors (Lipinski definition) is 4. The smallest absolute Gasteiger partial charge is 0.404 e. The van der Waals surface area contributed by atoms with E-state index in [-0.39, 0.29) is 17.1 Å². The molecule has 2 N–H and O–H groups in total. The quantitative estimate of drug-likeness (QED) is 0.728. The minimum atomic E-state index is -3.00. The van der Waals surface area contributed by atoms with E-state index in [4.69, 9.17) is 14.2 Å². The normalized spacial score (nSPS) is 34.1. The minimum Gasteiger partial charge on any atom is -0.465 e. The van der Waals surface area contributed by atoms with E-state index in [0.29, 0.717) is 13.2 Å². The number of rotatable bonds is 6. The van der Waals surface area contributed by atoms with Gasteiger partial charge in [0.25, 0.3) is 0 Å². The highest BCUT2D eigenvalue weighted by Crippen LogP contribution is 2.76. The van der Waals surface area contributed by atoms with Gasteiger partial charge < -0.3 is 19.5 Å². The van der Waals surface area contributed by atoms with Crippen LogP contribution in [0.5, 0.6) is 0 Å². The molecule has 0 radical (unpaired) electrons. The number of carboxylic acid groups (broad SMARTS) is 1. The standard InChI is InChI=1S/C11H20NO5P/c1-3-16-18(15,17-4-2)9-7-11(9)5-8(6-11)12-10(13)14/h8-9,12H,3-7H2,1-2H3,(H,13,14). The number of amides is 1. The maximum atomic E-state index is 12.5. The van der Waals surface area contributed by atoms with Crippen molar-refractivity contribution >= 4 is 13.7 Å². The molecule has 18 heavy (non-hydrogen) atoms. The van der Waals surface area contributed by atoms with Crippen molar-refractivity contribution in [3.63, 3.8) is 0 Å². The van der Waals surface area contributed by atoms with Crippen molar-refractivity contribution < 1.29 is 23.5 Å². The van der Waals surface area contributed by atoms with E-state index in [1.165, 1.54) is 0 Å². The van der Waals surface area contributed by atoms with Crippen molar-refractivity contribution in [1.82, 2.24) is 5.32 Å². The third-order valence-electron chi connectivity index (χ3n) is 3.78. The zero-order valence-electron chi connectivity index (χ0n) is 10.7. The van der Waals surface area contributed by atoms with Crippen LogP contribution in [0.1, 0.15) is 33.1 Å². The monoisotopic (exact) mass is 277 g/mol. The molecular weight excluding hydrogens is 257 g/mol. The van der Waals surface area contributed by atoms with E-state index >= 15 is 0 Å². The third kappa shape index (κ3) is 2.42. The first-order valence-corrected chi connectivity index (χ1v) is 7.95. The number of hydrogen-bond donors (Lipinski definition) is 2. The summed E-state index contributed by atoms with van der Waals surface area (Å²) < 4.78 is 23.2. The van der Waals surface area contributed by atoms with Crippen LogP contribution in [-0.4, -0.2) is 36.1 Å². The number of nitrogens with one attached hydrogen (secondary N) is 1. The van der Waals surface area contributed by atoms with Crippen LogP contribution in [0.15, 0.2) is 0 Å². The minimum absolute atomic E-state index is 0.00696. The second-order valence-corrected chi connectivity index (χ2v) is 7.23. The molecule has 1 unspecified atom stereocenters. The van der Waals surface area contributed by atoms with Crippen molar-refractivity contribution in [2.75, 3.05) is 13.2 Å². The second kappa shape index (κ2) is 4.83. The highest BCUT2D eigenvalue weighted by Gasteiger charge is 2.69. The molecule has 0 aromatic rings. The lowest BCUT2D eigenvalue weighted by Crippen LogP contribution is -2.46. The molecule has 6 nitrogen and oxygen atoms in total. The summed E-state index contributed by atoms with van der Waals surface area (Å²) in [6, 6.07) is -0.01000. The maximum absolute atomic E-state index is 12.5. The van der Waals surface area contributed by atoms with E-state index in [1.807, 2.05) is 0 Å². The van der Waals surface area contributed by atoms with E-state index in [0.717, 1.165) is 19.3 Å². The molecule has 2 aliphatic rings. The Bertz CT molecular complexity index is 370. The number of carbonyl (C=O) groups is 1. The molecule has 0 aromatic carbocycles. The summed E-state index contributed by atoms with van der Waals surface area (Å²) in [6.07, 6.45) is 1.31. The molecule has 1 amide bonds. The molecule has 2 fully saturated rings. The fraction of sp³-hybridized carbons (Fsp3) is 0.909. The van der Waals surface area contributed by atoms with Crippen LogP contribution < -0.4 is 5.32 Å². The first-order valence-electron chi connectivity index (χ1n) is 6.34. The Labute approximate surface area is 107 Å². The SMILES string of the molecule is CCOP(=O)(OCC)C1CC12CC(NC(=O)O)C2. The van der Waals surface area contributed by atoms with Crippen LogP contribution in [0.3, 0.4) is 0 Å². The Kier molecular flexibility index (Phi) is 3.72. The zero-order chi connectivity index (χ0) is 13.4. The molecule has 0 saturated heterocycles. The van der Waals surface area contributed by atoms with E-state index in [1.54, 1.807) is 13.8 Å². The maximum Gasteiger partial charge on any atom is 0.404 e. The van der Waals surface area contributed by atoms with Crippen LogP contribution in [0.2, 0.25) is 0 Å². The van der Waals surface area contributed by atoms with Crippen LogP contribution in [0.25, 0.3) is 0 Å². The largest absolute Gasteiger partial charge is 0.465 e. The van der Waals surface area contributed by atoms with Gasteiger partial charge in [-0.15, -0.1) is 0 Å². The molecule has 104 valence electrons. The highest BCUT2D eigenvalue weighted by molar-refractivity contribution is 7.55. The van der Waals surface area contributed by atoms with Crippen LogP contribution in [0, 0.1) is 5.41 Å².